The molecule has 5 heteroatoms. The van der Waals surface area contributed by atoms with Crippen LogP contribution in [0, 0.1) is 0 Å². The van der Waals surface area contributed by atoms with E-state index in [9.17, 15) is 4.79 Å². The monoisotopic (exact) mass is 162 g/mol. The minimum Gasteiger partial charge on any atom is -0.330 e. The molecular weight excluding hydrogens is 156 g/mol. The number of rotatable bonds is 0. The van der Waals surface area contributed by atoms with Crippen LogP contribution in [0.15, 0.2) is 9.79 Å². The molecule has 60 valence electrons. The molecule has 0 atom stereocenters. The number of aliphatic imine (C=N–C) groups is 1. The van der Waals surface area contributed by atoms with Crippen molar-refractivity contribution in [2.24, 2.45) is 4.99 Å². The van der Waals surface area contributed by atoms with Gasteiger partial charge in [-0.15, -0.1) is 0 Å². The molecule has 1 aromatic heterocycles. The summed E-state index contributed by atoms with van der Waals surface area (Å²) in [5, 5.41) is 3.99. The van der Waals surface area contributed by atoms with E-state index >= 15 is 0 Å². The van der Waals surface area contributed by atoms with Crippen molar-refractivity contribution in [3.8, 4) is 0 Å². The third-order valence-electron chi connectivity index (χ3n) is 1.53. The lowest BCUT2D eigenvalue weighted by molar-refractivity contribution is 1.03. The summed E-state index contributed by atoms with van der Waals surface area (Å²) in [4.78, 5) is 20.9. The molecule has 2 heterocycles. The quantitative estimate of drug-likeness (QED) is 0.481. The van der Waals surface area contributed by atoms with Gasteiger partial charge in [0.1, 0.15) is 5.82 Å². The van der Waals surface area contributed by atoms with E-state index in [1.807, 2.05) is 0 Å². The first-order valence-corrected chi connectivity index (χ1v) is 3.35. The van der Waals surface area contributed by atoms with E-state index in [0.717, 1.165) is 5.22 Å². The van der Waals surface area contributed by atoms with Crippen molar-refractivity contribution in [2.75, 3.05) is 5.32 Å². The zero-order valence-electron chi connectivity index (χ0n) is 6.16. The second kappa shape index (κ2) is 2.30. The smallest absolute Gasteiger partial charge is 0.330 e. The van der Waals surface area contributed by atoms with Gasteiger partial charge in [0.05, 0.1) is 11.6 Å². The second-order valence-electron chi connectivity index (χ2n) is 2.33. The van der Waals surface area contributed by atoms with E-state index in [2.05, 4.69) is 26.9 Å². The number of anilines is 1. The van der Waals surface area contributed by atoms with Gasteiger partial charge in [-0.2, -0.15) is 4.98 Å². The molecule has 0 bridgehead atoms. The molecule has 0 amide bonds. The van der Waals surface area contributed by atoms with Gasteiger partial charge in [0.15, 0.2) is 0 Å². The summed E-state index contributed by atoms with van der Waals surface area (Å²) in [6, 6.07) is 0. The third kappa shape index (κ3) is 0.914. The Labute approximate surface area is 67.2 Å². The van der Waals surface area contributed by atoms with E-state index in [0.29, 0.717) is 11.2 Å². The average Bonchev–Trinajstić information content (AvgIpc) is 2.04. The molecule has 0 radical (unpaired) electrons. The molecule has 1 aromatic rings. The van der Waals surface area contributed by atoms with Gasteiger partial charge in [0.25, 0.3) is 0 Å². The second-order valence-corrected chi connectivity index (χ2v) is 2.33. The predicted octanol–water partition coefficient (Wildman–Crippen LogP) is -1.63. The normalized spacial score (nSPS) is 13.0. The van der Waals surface area contributed by atoms with Gasteiger partial charge >= 0.3 is 5.69 Å². The summed E-state index contributed by atoms with van der Waals surface area (Å²) in [5.41, 5.74) is -0.407. The van der Waals surface area contributed by atoms with Gasteiger partial charge in [-0.25, -0.2) is 9.79 Å². The zero-order valence-corrected chi connectivity index (χ0v) is 6.16. The van der Waals surface area contributed by atoms with Crippen LogP contribution < -0.4 is 21.6 Å². The number of aromatic nitrogens is 2. The van der Waals surface area contributed by atoms with Gasteiger partial charge < -0.3 is 10.3 Å². The fourth-order valence-electron chi connectivity index (χ4n) is 0.988. The average molecular weight is 162 g/mol. The molecule has 0 aliphatic carbocycles. The molecule has 0 spiro atoms. The topological polar surface area (TPSA) is 70.1 Å². The van der Waals surface area contributed by atoms with Crippen molar-refractivity contribution in [1.29, 1.82) is 0 Å². The van der Waals surface area contributed by atoms with Crippen LogP contribution in [0.3, 0.4) is 0 Å². The largest absolute Gasteiger partial charge is 0.347 e. The van der Waals surface area contributed by atoms with Crippen LogP contribution in [0.2, 0.25) is 0 Å². The number of H-pyrrole nitrogens is 1. The van der Waals surface area contributed by atoms with Crippen LogP contribution >= 0.6 is 0 Å². The van der Waals surface area contributed by atoms with Crippen molar-refractivity contribution in [3.63, 3.8) is 0 Å². The van der Waals surface area contributed by atoms with Crippen molar-refractivity contribution < 1.29 is 0 Å². The lowest BCUT2D eigenvalue weighted by Crippen LogP contribution is -2.38. The number of fused-ring (bicyclic) bond motifs is 1. The van der Waals surface area contributed by atoms with Gasteiger partial charge in [-0.05, 0) is 0 Å². The predicted molar refractivity (Wildman–Crippen MR) is 46.2 cm³/mol. The maximum Gasteiger partial charge on any atom is 0.347 e. The van der Waals surface area contributed by atoms with Gasteiger partial charge in [0, 0.05) is 11.5 Å². The lowest BCUT2D eigenvalue weighted by atomic mass is 10.4. The summed E-state index contributed by atoms with van der Waals surface area (Å²) >= 11 is 0. The van der Waals surface area contributed by atoms with Crippen molar-refractivity contribution >= 4 is 24.9 Å². The molecule has 12 heavy (non-hydrogen) atoms. The van der Waals surface area contributed by atoms with E-state index in [-0.39, 0.29) is 0 Å². The fourth-order valence-corrected chi connectivity index (χ4v) is 0.988. The molecule has 0 fully saturated rings. The van der Waals surface area contributed by atoms with Crippen molar-refractivity contribution in [3.05, 3.63) is 21.1 Å². The molecule has 0 saturated heterocycles. The first-order valence-electron chi connectivity index (χ1n) is 3.35. The molecule has 2 N–H and O–H groups in total. The van der Waals surface area contributed by atoms with E-state index in [4.69, 9.17) is 0 Å². The molecule has 0 saturated carbocycles. The first-order chi connectivity index (χ1) is 5.77. The minimum atomic E-state index is -0.407. The molecule has 0 aromatic carbocycles. The Bertz CT molecular complexity index is 499. The Morgan fingerprint density at radius 2 is 2.33 bits per heavy atom. The van der Waals surface area contributed by atoms with Crippen molar-refractivity contribution in [1.82, 2.24) is 9.97 Å². The fraction of sp³-hybridized carbons (Fsp3) is 0. The maximum absolute atomic E-state index is 10.9. The third-order valence-corrected chi connectivity index (χ3v) is 1.53. The van der Waals surface area contributed by atoms with Crippen LogP contribution in [-0.4, -0.2) is 16.3 Å². The van der Waals surface area contributed by atoms with Crippen LogP contribution in [-0.2, 0) is 0 Å². The van der Waals surface area contributed by atoms with Gasteiger partial charge in [-0.3, -0.25) is 0 Å². The molecular formula is C7H6N4O. The number of nitrogens with zero attached hydrogens (tertiary/aromatic N) is 2. The molecule has 1 aliphatic rings. The van der Waals surface area contributed by atoms with Crippen molar-refractivity contribution in [2.45, 2.75) is 0 Å². The van der Waals surface area contributed by atoms with Crippen LogP contribution in [0.1, 0.15) is 0 Å². The summed E-state index contributed by atoms with van der Waals surface area (Å²) in [6.07, 6.45) is 3.06. The van der Waals surface area contributed by atoms with E-state index in [1.165, 1.54) is 6.34 Å². The summed E-state index contributed by atoms with van der Waals surface area (Å²) in [7, 11) is 0. The molecule has 2 rings (SSSR count). The number of hydrogen-bond acceptors (Lipinski definition) is 4. The highest BCUT2D eigenvalue weighted by Crippen LogP contribution is 1.87. The maximum atomic E-state index is 10.9. The summed E-state index contributed by atoms with van der Waals surface area (Å²) in [6.45, 7) is 3.65. The molecule has 0 unspecified atom stereocenters. The zero-order chi connectivity index (χ0) is 8.55. The highest BCUT2D eigenvalue weighted by atomic mass is 16.1. The van der Waals surface area contributed by atoms with Crippen LogP contribution in [0.25, 0.3) is 12.8 Å². The van der Waals surface area contributed by atoms with Crippen LogP contribution in [0.5, 0.6) is 0 Å². The number of nitrogens with one attached hydrogen (secondary N) is 2. The highest BCUT2D eigenvalue weighted by Gasteiger charge is 2.00. The van der Waals surface area contributed by atoms with E-state index in [1.54, 1.807) is 6.20 Å². The Hall–Kier alpha value is -1.91. The van der Waals surface area contributed by atoms with Crippen LogP contribution in [0.4, 0.5) is 5.82 Å². The van der Waals surface area contributed by atoms with Gasteiger partial charge in [-0.1, -0.05) is 6.58 Å². The highest BCUT2D eigenvalue weighted by molar-refractivity contribution is 5.78. The van der Waals surface area contributed by atoms with E-state index < -0.39 is 5.69 Å². The Morgan fingerprint density at radius 3 is 3.17 bits per heavy atom. The summed E-state index contributed by atoms with van der Waals surface area (Å²) in [5.74, 6) is 0.499. The first kappa shape index (κ1) is 6.78. The SMILES string of the molecule is C=c1[nH]c(=O)nc2c1=CN=CN2. The Morgan fingerprint density at radius 1 is 1.50 bits per heavy atom. The number of hydrogen-bond donors (Lipinski definition) is 2. The van der Waals surface area contributed by atoms with Gasteiger partial charge in [0.2, 0.25) is 0 Å². The molecule has 5 nitrogen and oxygen atoms in total. The Kier molecular flexibility index (Phi) is 1.30. The minimum absolute atomic E-state index is 0.407. The Balaban J connectivity index is 2.95. The standard InChI is InChI=1S/C7H6N4O/c1-4-5-2-8-3-9-6(5)11-7(12)10-4/h2-3H,1H2,(H2,8,9,10,11,12). The molecule has 1 aliphatic heterocycles. The number of aromatic amines is 1. The summed E-state index contributed by atoms with van der Waals surface area (Å²) < 4.78 is 0. The lowest BCUT2D eigenvalue weighted by Gasteiger charge is -2.02.